The van der Waals surface area contributed by atoms with E-state index < -0.39 is 0 Å². The summed E-state index contributed by atoms with van der Waals surface area (Å²) in [5.41, 5.74) is 5.54. The second-order valence-corrected chi connectivity index (χ2v) is 6.84. The maximum atomic E-state index is 12.1. The molecule has 1 atom stereocenters. The highest BCUT2D eigenvalue weighted by molar-refractivity contribution is 8.00. The lowest BCUT2D eigenvalue weighted by atomic mass is 10.1. The second-order valence-electron chi connectivity index (χ2n) is 5.04. The summed E-state index contributed by atoms with van der Waals surface area (Å²) in [4.78, 5) is 14.0. The molecule has 1 unspecified atom stereocenters. The van der Waals surface area contributed by atoms with Crippen LogP contribution in [-0.4, -0.2) is 54.2 Å². The van der Waals surface area contributed by atoms with Crippen molar-refractivity contribution < 1.29 is 9.53 Å². The first-order chi connectivity index (χ1) is 7.98. The number of nitrogens with two attached hydrogens (primary N) is 1. The summed E-state index contributed by atoms with van der Waals surface area (Å²) in [5, 5.41) is 0. The monoisotopic (exact) mass is 260 g/mol. The summed E-state index contributed by atoms with van der Waals surface area (Å²) in [5.74, 6) is 1.18. The molecule has 0 aromatic heterocycles. The van der Waals surface area contributed by atoms with Crippen LogP contribution in [0, 0.1) is 0 Å². The van der Waals surface area contributed by atoms with Gasteiger partial charge >= 0.3 is 0 Å². The van der Waals surface area contributed by atoms with Crippen molar-refractivity contribution in [1.82, 2.24) is 4.90 Å². The largest absolute Gasteiger partial charge is 0.380 e. The molecule has 4 nitrogen and oxygen atoms in total. The molecule has 1 heterocycles. The van der Waals surface area contributed by atoms with Gasteiger partial charge in [0, 0.05) is 37.2 Å². The zero-order valence-corrected chi connectivity index (χ0v) is 11.9. The number of hydrogen-bond acceptors (Lipinski definition) is 4. The normalized spacial score (nSPS) is 22.0. The smallest absolute Gasteiger partial charge is 0.225 e. The van der Waals surface area contributed by atoms with Gasteiger partial charge in [0.15, 0.2) is 0 Å². The molecule has 1 amide bonds. The van der Waals surface area contributed by atoms with E-state index in [-0.39, 0.29) is 16.8 Å². The van der Waals surface area contributed by atoms with Crippen LogP contribution in [0.4, 0.5) is 0 Å². The van der Waals surface area contributed by atoms with Gasteiger partial charge in [-0.3, -0.25) is 4.79 Å². The molecule has 5 heteroatoms. The minimum Gasteiger partial charge on any atom is -0.380 e. The van der Waals surface area contributed by atoms with Gasteiger partial charge in [-0.15, -0.1) is 0 Å². The second kappa shape index (κ2) is 6.61. The Balaban J connectivity index is 2.47. The molecule has 0 aromatic rings. The minimum absolute atomic E-state index is 0.147. The summed E-state index contributed by atoms with van der Waals surface area (Å²) in [6.45, 7) is 6.57. The molecule has 1 aliphatic rings. The quantitative estimate of drug-likeness (QED) is 0.822. The van der Waals surface area contributed by atoms with Gasteiger partial charge in [0.2, 0.25) is 5.91 Å². The van der Waals surface area contributed by atoms with Crippen LogP contribution in [0.5, 0.6) is 0 Å². The highest BCUT2D eigenvalue weighted by Gasteiger charge is 2.26. The van der Waals surface area contributed by atoms with Gasteiger partial charge < -0.3 is 15.4 Å². The van der Waals surface area contributed by atoms with Crippen LogP contribution in [0.2, 0.25) is 0 Å². The Hall–Kier alpha value is -0.260. The standard InChI is InChI=1S/C12H24N2O2S/c1-12(2)4-5-14(6-7-17-12)11(15)8-10(9-13)16-3/h10H,4-9,13H2,1-3H3. The Morgan fingerprint density at radius 2 is 2.24 bits per heavy atom. The van der Waals surface area contributed by atoms with Gasteiger partial charge in [-0.1, -0.05) is 13.8 Å². The SMILES string of the molecule is COC(CN)CC(=O)N1CCSC(C)(C)CC1. The maximum absolute atomic E-state index is 12.1. The van der Waals surface area contributed by atoms with Gasteiger partial charge in [-0.2, -0.15) is 11.8 Å². The van der Waals surface area contributed by atoms with Crippen LogP contribution in [0.15, 0.2) is 0 Å². The zero-order chi connectivity index (χ0) is 12.9. The van der Waals surface area contributed by atoms with E-state index in [4.69, 9.17) is 10.5 Å². The van der Waals surface area contributed by atoms with E-state index in [1.807, 2.05) is 16.7 Å². The van der Waals surface area contributed by atoms with Crippen LogP contribution in [-0.2, 0) is 9.53 Å². The Labute approximate surface area is 108 Å². The number of thioether (sulfide) groups is 1. The number of nitrogens with zero attached hydrogens (tertiary/aromatic N) is 1. The van der Waals surface area contributed by atoms with Crippen molar-refractivity contribution in [2.45, 2.75) is 37.5 Å². The summed E-state index contributed by atoms with van der Waals surface area (Å²) in [6.07, 6.45) is 1.30. The van der Waals surface area contributed by atoms with Crippen molar-refractivity contribution in [3.63, 3.8) is 0 Å². The fourth-order valence-corrected chi connectivity index (χ4v) is 2.96. The highest BCUT2D eigenvalue weighted by Crippen LogP contribution is 2.30. The maximum Gasteiger partial charge on any atom is 0.225 e. The average Bonchev–Trinajstić information content (AvgIpc) is 2.46. The van der Waals surface area contributed by atoms with Crippen LogP contribution < -0.4 is 5.73 Å². The Bertz CT molecular complexity index is 255. The third-order valence-electron chi connectivity index (χ3n) is 3.19. The Kier molecular flexibility index (Phi) is 5.76. The van der Waals surface area contributed by atoms with E-state index >= 15 is 0 Å². The molecule has 0 spiro atoms. The van der Waals surface area contributed by atoms with Gasteiger partial charge in [0.1, 0.15) is 0 Å². The summed E-state index contributed by atoms with van der Waals surface area (Å²) in [7, 11) is 1.60. The predicted molar refractivity (Wildman–Crippen MR) is 72.2 cm³/mol. The molecule has 0 saturated carbocycles. The average molecular weight is 260 g/mol. The molecule has 1 saturated heterocycles. The van der Waals surface area contributed by atoms with Gasteiger partial charge in [-0.05, 0) is 6.42 Å². The lowest BCUT2D eigenvalue weighted by Gasteiger charge is -2.24. The van der Waals surface area contributed by atoms with Crippen molar-refractivity contribution in [1.29, 1.82) is 0 Å². The van der Waals surface area contributed by atoms with Crippen molar-refractivity contribution in [2.75, 3.05) is 32.5 Å². The van der Waals surface area contributed by atoms with Crippen LogP contribution in [0.1, 0.15) is 26.7 Å². The first kappa shape index (κ1) is 14.8. The molecule has 1 rings (SSSR count). The van der Waals surface area contributed by atoms with Crippen LogP contribution >= 0.6 is 11.8 Å². The first-order valence-corrected chi connectivity index (χ1v) is 7.11. The first-order valence-electron chi connectivity index (χ1n) is 6.13. The molecule has 0 aromatic carbocycles. The summed E-state index contributed by atoms with van der Waals surface area (Å²) >= 11 is 1.94. The number of carbonyl (C=O) groups excluding carboxylic acids is 1. The van der Waals surface area contributed by atoms with Gasteiger partial charge in [0.05, 0.1) is 12.5 Å². The Morgan fingerprint density at radius 1 is 1.53 bits per heavy atom. The molecular formula is C12H24N2O2S. The van der Waals surface area contributed by atoms with Crippen molar-refractivity contribution >= 4 is 17.7 Å². The lowest BCUT2D eigenvalue weighted by Crippen LogP contribution is -2.37. The molecule has 0 bridgehead atoms. The number of amides is 1. The van der Waals surface area contributed by atoms with Crippen molar-refractivity contribution in [3.8, 4) is 0 Å². The molecule has 2 N–H and O–H groups in total. The third-order valence-corrected chi connectivity index (χ3v) is 4.56. The number of hydrogen-bond donors (Lipinski definition) is 1. The van der Waals surface area contributed by atoms with Crippen molar-refractivity contribution in [2.24, 2.45) is 5.73 Å². The fourth-order valence-electron chi connectivity index (χ4n) is 1.86. The van der Waals surface area contributed by atoms with E-state index in [0.29, 0.717) is 13.0 Å². The van der Waals surface area contributed by atoms with E-state index in [1.165, 1.54) is 0 Å². The molecule has 17 heavy (non-hydrogen) atoms. The van der Waals surface area contributed by atoms with Crippen LogP contribution in [0.3, 0.4) is 0 Å². The molecule has 1 aliphatic heterocycles. The minimum atomic E-state index is -0.147. The number of methoxy groups -OCH3 is 1. The number of carbonyl (C=O) groups is 1. The topological polar surface area (TPSA) is 55.6 Å². The lowest BCUT2D eigenvalue weighted by molar-refractivity contribution is -0.133. The number of ether oxygens (including phenoxy) is 1. The summed E-state index contributed by atoms with van der Waals surface area (Å²) < 4.78 is 5.44. The van der Waals surface area contributed by atoms with E-state index in [2.05, 4.69) is 13.8 Å². The van der Waals surface area contributed by atoms with Crippen molar-refractivity contribution in [3.05, 3.63) is 0 Å². The molecule has 0 aliphatic carbocycles. The summed E-state index contributed by atoms with van der Waals surface area (Å²) in [6, 6.07) is 0. The van der Waals surface area contributed by atoms with Gasteiger partial charge in [-0.25, -0.2) is 0 Å². The highest BCUT2D eigenvalue weighted by atomic mass is 32.2. The van der Waals surface area contributed by atoms with Crippen LogP contribution in [0.25, 0.3) is 0 Å². The molecule has 100 valence electrons. The molecule has 0 radical (unpaired) electrons. The third kappa shape index (κ3) is 4.85. The molecular weight excluding hydrogens is 236 g/mol. The van der Waals surface area contributed by atoms with E-state index in [0.717, 1.165) is 25.3 Å². The predicted octanol–water partition coefficient (Wildman–Crippen LogP) is 1.09. The van der Waals surface area contributed by atoms with E-state index in [9.17, 15) is 4.79 Å². The number of rotatable bonds is 4. The fraction of sp³-hybridized carbons (Fsp3) is 0.917. The Morgan fingerprint density at radius 3 is 2.82 bits per heavy atom. The zero-order valence-electron chi connectivity index (χ0n) is 11.1. The van der Waals surface area contributed by atoms with E-state index in [1.54, 1.807) is 7.11 Å². The molecule has 1 fully saturated rings. The van der Waals surface area contributed by atoms with Gasteiger partial charge in [0.25, 0.3) is 0 Å².